The molecule has 1 N–H and O–H groups in total. The fraction of sp³-hybridized carbons (Fsp3) is 0.478. The number of hydrogen-bond acceptors (Lipinski definition) is 9. The summed E-state index contributed by atoms with van der Waals surface area (Å²) < 4.78 is 33.5. The van der Waals surface area contributed by atoms with Crippen molar-refractivity contribution in [1.82, 2.24) is 14.3 Å². The number of sulfonamides is 1. The summed E-state index contributed by atoms with van der Waals surface area (Å²) in [6, 6.07) is 2.22. The summed E-state index contributed by atoms with van der Waals surface area (Å²) in [6.07, 6.45) is 1.65. The van der Waals surface area contributed by atoms with Gasteiger partial charge in [0.2, 0.25) is 0 Å². The van der Waals surface area contributed by atoms with E-state index in [2.05, 4.69) is 6.58 Å². The first-order valence-electron chi connectivity index (χ1n) is 11.2. The molecule has 0 fully saturated rings. The lowest BCUT2D eigenvalue weighted by molar-refractivity contribution is -0.388. The quantitative estimate of drug-likeness (QED) is 0.279. The molecule has 1 aromatic rings. The Balaban J connectivity index is 2.75. The zero-order valence-corrected chi connectivity index (χ0v) is 22.2. The lowest BCUT2D eigenvalue weighted by Gasteiger charge is -2.41. The minimum absolute atomic E-state index is 0.102. The van der Waals surface area contributed by atoms with Gasteiger partial charge in [-0.05, 0) is 32.9 Å². The molecule has 0 bridgehead atoms. The Morgan fingerprint density at radius 2 is 1.92 bits per heavy atom. The average molecular weight is 541 g/mol. The van der Waals surface area contributed by atoms with Crippen molar-refractivity contribution in [2.75, 3.05) is 33.9 Å². The maximum absolute atomic E-state index is 13.8. The molecule has 0 saturated heterocycles. The molecule has 1 heterocycles. The third kappa shape index (κ3) is 6.91. The van der Waals surface area contributed by atoms with Gasteiger partial charge in [-0.2, -0.15) is 0 Å². The normalized spacial score (nSPS) is 18.2. The highest BCUT2D eigenvalue weighted by Crippen LogP contribution is 2.32. The number of hydrogen-bond donors (Lipinski definition) is 1. The zero-order chi connectivity index (χ0) is 28.1. The van der Waals surface area contributed by atoms with Gasteiger partial charge in [0.15, 0.2) is 4.90 Å². The van der Waals surface area contributed by atoms with Crippen molar-refractivity contribution in [2.45, 2.75) is 43.4 Å². The SMILES string of the molecule is C=CCON(C1CN(C(=O)OC(C)(C)C)C(CO)C=C1C(=O)N(C)C)S(=O)(=O)c1ccccc1[N+](=O)[O-]. The van der Waals surface area contributed by atoms with E-state index in [0.717, 1.165) is 17.0 Å². The van der Waals surface area contributed by atoms with Crippen molar-refractivity contribution in [1.29, 1.82) is 0 Å². The number of aliphatic hydroxyl groups excluding tert-OH is 1. The van der Waals surface area contributed by atoms with E-state index in [1.54, 1.807) is 20.8 Å². The molecule has 1 aromatic carbocycles. The Hall–Kier alpha value is -3.33. The van der Waals surface area contributed by atoms with Crippen LogP contribution in [-0.2, 0) is 24.4 Å². The predicted molar refractivity (Wildman–Crippen MR) is 133 cm³/mol. The topological polar surface area (TPSA) is 160 Å². The van der Waals surface area contributed by atoms with Crippen LogP contribution < -0.4 is 0 Å². The molecule has 1 aliphatic rings. The van der Waals surface area contributed by atoms with Crippen molar-refractivity contribution >= 4 is 27.7 Å². The standard InChI is InChI=1S/C23H32N4O9S/c1-7-12-35-27(37(33,34)20-11-9-8-10-18(20)26(31)32)19-14-25(22(30)36-23(2,3)4)16(15-28)13-17(19)21(29)24(5)6/h7-11,13,16,19,28H,1,12,14-15H2,2-6H3. The van der Waals surface area contributed by atoms with Crippen LogP contribution in [0.4, 0.5) is 10.5 Å². The molecule has 2 amide bonds. The second-order valence-electron chi connectivity index (χ2n) is 9.29. The maximum atomic E-state index is 13.8. The number of likely N-dealkylation sites (N-methyl/N-ethyl adjacent to an activating group) is 1. The van der Waals surface area contributed by atoms with E-state index in [4.69, 9.17) is 9.57 Å². The molecular formula is C23H32N4O9S. The van der Waals surface area contributed by atoms with Crippen LogP contribution in [-0.4, -0.2) is 96.3 Å². The number of para-hydroxylation sites is 1. The number of carbonyl (C=O) groups is 2. The molecule has 0 aliphatic carbocycles. The van der Waals surface area contributed by atoms with E-state index in [9.17, 15) is 33.2 Å². The highest BCUT2D eigenvalue weighted by Gasteiger charge is 2.46. The number of carbonyl (C=O) groups excluding carboxylic acids is 2. The molecule has 1 aliphatic heterocycles. The molecule has 14 heteroatoms. The van der Waals surface area contributed by atoms with E-state index >= 15 is 0 Å². The number of amides is 2. The van der Waals surface area contributed by atoms with Gasteiger partial charge in [-0.1, -0.05) is 22.7 Å². The first-order valence-corrected chi connectivity index (χ1v) is 12.6. The fourth-order valence-electron chi connectivity index (χ4n) is 3.54. The van der Waals surface area contributed by atoms with E-state index < -0.39 is 68.4 Å². The largest absolute Gasteiger partial charge is 0.444 e. The van der Waals surface area contributed by atoms with Crippen LogP contribution in [0.2, 0.25) is 0 Å². The van der Waals surface area contributed by atoms with E-state index in [1.165, 1.54) is 43.3 Å². The first kappa shape index (κ1) is 29.9. The molecule has 0 radical (unpaired) electrons. The number of ether oxygens (including phenoxy) is 1. The molecule has 2 rings (SSSR count). The van der Waals surface area contributed by atoms with Gasteiger partial charge in [-0.25, -0.2) is 13.2 Å². The van der Waals surface area contributed by atoms with Crippen LogP contribution in [0.25, 0.3) is 0 Å². The summed E-state index contributed by atoms with van der Waals surface area (Å²) in [6.45, 7) is 7.03. The third-order valence-corrected chi connectivity index (χ3v) is 6.85. The second kappa shape index (κ2) is 11.8. The molecule has 37 heavy (non-hydrogen) atoms. The van der Waals surface area contributed by atoms with E-state index in [0.29, 0.717) is 4.47 Å². The molecule has 0 aromatic heterocycles. The zero-order valence-electron chi connectivity index (χ0n) is 21.4. The molecular weight excluding hydrogens is 508 g/mol. The molecule has 0 spiro atoms. The maximum Gasteiger partial charge on any atom is 0.410 e. The van der Waals surface area contributed by atoms with Crippen LogP contribution in [0.15, 0.2) is 53.5 Å². The van der Waals surface area contributed by atoms with Crippen molar-refractivity contribution in [3.05, 3.63) is 58.7 Å². The van der Waals surface area contributed by atoms with Gasteiger partial charge < -0.3 is 14.7 Å². The number of nitrogens with zero attached hydrogens (tertiary/aromatic N) is 4. The summed E-state index contributed by atoms with van der Waals surface area (Å²) in [7, 11) is -1.89. The minimum atomic E-state index is -4.78. The lowest BCUT2D eigenvalue weighted by atomic mass is 9.97. The van der Waals surface area contributed by atoms with Gasteiger partial charge >= 0.3 is 6.09 Å². The minimum Gasteiger partial charge on any atom is -0.444 e. The summed E-state index contributed by atoms with van der Waals surface area (Å²) in [4.78, 5) is 44.0. The molecule has 2 unspecified atom stereocenters. The highest BCUT2D eigenvalue weighted by atomic mass is 32.2. The number of rotatable bonds is 9. The Labute approximate surface area is 215 Å². The number of benzene rings is 1. The summed E-state index contributed by atoms with van der Waals surface area (Å²) in [5.41, 5.74) is -1.71. The Morgan fingerprint density at radius 3 is 2.43 bits per heavy atom. The second-order valence-corrected chi connectivity index (χ2v) is 11.0. The Kier molecular flexibility index (Phi) is 9.54. The van der Waals surface area contributed by atoms with Gasteiger partial charge in [0.1, 0.15) is 5.60 Å². The van der Waals surface area contributed by atoms with Gasteiger partial charge in [0, 0.05) is 32.3 Å². The van der Waals surface area contributed by atoms with Crippen molar-refractivity contribution in [3.63, 3.8) is 0 Å². The summed E-state index contributed by atoms with van der Waals surface area (Å²) in [5.74, 6) is -0.614. The smallest absolute Gasteiger partial charge is 0.410 e. The van der Waals surface area contributed by atoms with Gasteiger partial charge in [-0.15, -0.1) is 6.58 Å². The Morgan fingerprint density at radius 1 is 1.30 bits per heavy atom. The van der Waals surface area contributed by atoms with Crippen LogP contribution in [0.3, 0.4) is 0 Å². The van der Waals surface area contributed by atoms with Crippen LogP contribution >= 0.6 is 0 Å². The number of nitro groups is 1. The average Bonchev–Trinajstić information content (AvgIpc) is 2.82. The van der Waals surface area contributed by atoms with Crippen LogP contribution in [0.1, 0.15) is 20.8 Å². The first-order chi connectivity index (χ1) is 17.2. The molecule has 2 atom stereocenters. The molecule has 204 valence electrons. The van der Waals surface area contributed by atoms with Gasteiger partial charge in [0.05, 0.1) is 30.2 Å². The van der Waals surface area contributed by atoms with E-state index in [-0.39, 0.29) is 12.2 Å². The third-order valence-electron chi connectivity index (χ3n) is 5.12. The summed E-state index contributed by atoms with van der Waals surface area (Å²) >= 11 is 0. The predicted octanol–water partition coefficient (Wildman–Crippen LogP) is 1.70. The number of aliphatic hydroxyl groups is 1. The lowest BCUT2D eigenvalue weighted by Crippen LogP contribution is -2.58. The molecule has 0 saturated carbocycles. The fourth-order valence-corrected chi connectivity index (χ4v) is 5.10. The van der Waals surface area contributed by atoms with Crippen molar-refractivity contribution in [3.8, 4) is 0 Å². The van der Waals surface area contributed by atoms with Crippen molar-refractivity contribution in [2.24, 2.45) is 0 Å². The van der Waals surface area contributed by atoms with Crippen molar-refractivity contribution < 1.29 is 37.6 Å². The highest BCUT2D eigenvalue weighted by molar-refractivity contribution is 7.89. The van der Waals surface area contributed by atoms with Crippen LogP contribution in [0.5, 0.6) is 0 Å². The van der Waals surface area contributed by atoms with Gasteiger partial charge in [-0.3, -0.25) is 24.6 Å². The summed E-state index contributed by atoms with van der Waals surface area (Å²) in [5, 5.41) is 21.6. The number of hydroxylamine groups is 1. The number of nitro benzene ring substituents is 1. The molecule has 13 nitrogen and oxygen atoms in total. The van der Waals surface area contributed by atoms with E-state index in [1.807, 2.05) is 0 Å². The monoisotopic (exact) mass is 540 g/mol. The van der Waals surface area contributed by atoms with Crippen LogP contribution in [0, 0.1) is 10.1 Å². The van der Waals surface area contributed by atoms with Gasteiger partial charge in [0.25, 0.3) is 21.6 Å². The Bertz CT molecular complexity index is 1170.